The van der Waals surface area contributed by atoms with Crippen molar-refractivity contribution in [3.8, 4) is 0 Å². The Morgan fingerprint density at radius 1 is 1.22 bits per heavy atom. The smallest absolute Gasteiger partial charge is 0.238 e. The number of halogens is 3. The van der Waals surface area contributed by atoms with Gasteiger partial charge >= 0.3 is 0 Å². The monoisotopic (exact) mass is 141 g/mol. The fourth-order valence-corrected chi connectivity index (χ4v) is 0.417. The van der Waals surface area contributed by atoms with Crippen molar-refractivity contribution in [2.24, 2.45) is 5.73 Å². The first-order valence-corrected chi connectivity index (χ1v) is 2.76. The van der Waals surface area contributed by atoms with Crippen LogP contribution < -0.4 is 5.73 Å². The Kier molecular flexibility index (Phi) is 4.48. The van der Waals surface area contributed by atoms with E-state index >= 15 is 0 Å². The first-order valence-electron chi connectivity index (χ1n) is 2.76. The van der Waals surface area contributed by atoms with Crippen molar-refractivity contribution in [2.45, 2.75) is 25.3 Å². The number of alkyl halides is 3. The molecule has 1 atom stereocenters. The zero-order valence-corrected chi connectivity index (χ0v) is 4.99. The molecule has 0 aliphatic carbocycles. The number of hydrogen-bond donors (Lipinski definition) is 1. The molecule has 4 heteroatoms. The van der Waals surface area contributed by atoms with E-state index in [-0.39, 0.29) is 12.8 Å². The lowest BCUT2D eigenvalue weighted by molar-refractivity contribution is 0.130. The first-order chi connectivity index (χ1) is 4.16. The molecule has 0 aliphatic heterocycles. The van der Waals surface area contributed by atoms with Crippen LogP contribution in [0.1, 0.15) is 12.8 Å². The molecule has 0 fully saturated rings. The lowest BCUT2D eigenvalue weighted by atomic mass is 10.2. The lowest BCUT2D eigenvalue weighted by Gasteiger charge is -2.04. The van der Waals surface area contributed by atoms with Gasteiger partial charge in [0, 0.05) is 12.5 Å². The van der Waals surface area contributed by atoms with Gasteiger partial charge in [-0.05, 0) is 6.42 Å². The van der Waals surface area contributed by atoms with Crippen LogP contribution >= 0.6 is 0 Å². The van der Waals surface area contributed by atoms with Crippen LogP contribution in [-0.4, -0.2) is 19.1 Å². The van der Waals surface area contributed by atoms with Crippen LogP contribution in [0.4, 0.5) is 13.2 Å². The van der Waals surface area contributed by atoms with Gasteiger partial charge in [-0.3, -0.25) is 0 Å². The highest BCUT2D eigenvalue weighted by Crippen LogP contribution is 2.04. The maximum atomic E-state index is 11.5. The van der Waals surface area contributed by atoms with E-state index in [1.54, 1.807) is 0 Å². The van der Waals surface area contributed by atoms with E-state index in [0.29, 0.717) is 0 Å². The van der Waals surface area contributed by atoms with E-state index in [2.05, 4.69) is 0 Å². The summed E-state index contributed by atoms with van der Waals surface area (Å²) < 4.78 is 34.2. The van der Waals surface area contributed by atoms with Crippen LogP contribution in [0, 0.1) is 0 Å². The summed E-state index contributed by atoms with van der Waals surface area (Å²) in [4.78, 5) is 0. The topological polar surface area (TPSA) is 26.0 Å². The van der Waals surface area contributed by atoms with E-state index in [1.165, 1.54) is 0 Å². The minimum Gasteiger partial charge on any atom is -0.325 e. The highest BCUT2D eigenvalue weighted by Gasteiger charge is 2.06. The molecule has 56 valence electrons. The van der Waals surface area contributed by atoms with Crippen LogP contribution in [0.5, 0.6) is 0 Å². The van der Waals surface area contributed by atoms with Gasteiger partial charge in [-0.2, -0.15) is 0 Å². The molecule has 0 rings (SSSR count). The second kappa shape index (κ2) is 4.61. The molecule has 1 unspecified atom stereocenters. The maximum Gasteiger partial charge on any atom is 0.238 e. The molecule has 0 aliphatic rings. The molecule has 0 heterocycles. The van der Waals surface area contributed by atoms with Gasteiger partial charge in [0.15, 0.2) is 0 Å². The molecule has 0 aromatic carbocycles. The summed E-state index contributed by atoms with van der Waals surface area (Å²) in [7, 11) is 0. The molecule has 0 saturated heterocycles. The predicted molar refractivity (Wildman–Crippen MR) is 29.2 cm³/mol. The Hall–Kier alpha value is -0.250. The lowest BCUT2D eigenvalue weighted by Crippen LogP contribution is -2.22. The van der Waals surface area contributed by atoms with Crippen LogP contribution in [0.25, 0.3) is 0 Å². The first kappa shape index (κ1) is 8.75. The minimum atomic E-state index is -2.36. The molecule has 2 N–H and O–H groups in total. The Labute approximate surface area is 52.0 Å². The Morgan fingerprint density at radius 3 is 2.11 bits per heavy atom. The van der Waals surface area contributed by atoms with E-state index < -0.39 is 19.1 Å². The summed E-state index contributed by atoms with van der Waals surface area (Å²) in [6.07, 6.45) is -2.60. The van der Waals surface area contributed by atoms with Gasteiger partial charge in [0.1, 0.15) is 6.67 Å². The highest BCUT2D eigenvalue weighted by molar-refractivity contribution is 4.58. The standard InChI is InChI=1S/C5H10F3N/c6-3-4(9)1-2-5(7)8/h4-5H,1-3,9H2. The number of rotatable bonds is 4. The van der Waals surface area contributed by atoms with E-state index in [0.717, 1.165) is 0 Å². The summed E-state index contributed by atoms with van der Waals surface area (Å²) in [5.41, 5.74) is 5.01. The van der Waals surface area contributed by atoms with Gasteiger partial charge in [-0.25, -0.2) is 13.2 Å². The molecule has 1 nitrogen and oxygen atoms in total. The minimum absolute atomic E-state index is 0.0637. The normalized spacial score (nSPS) is 14.3. The van der Waals surface area contributed by atoms with E-state index in [4.69, 9.17) is 5.73 Å². The molecule has 0 spiro atoms. The molecular weight excluding hydrogens is 131 g/mol. The molecule has 0 saturated carbocycles. The average Bonchev–Trinajstić information content (AvgIpc) is 1.83. The maximum absolute atomic E-state index is 11.5. The van der Waals surface area contributed by atoms with Crippen molar-refractivity contribution in [2.75, 3.05) is 6.67 Å². The fraction of sp³-hybridized carbons (Fsp3) is 1.00. The third-order valence-electron chi connectivity index (χ3n) is 0.954. The quantitative estimate of drug-likeness (QED) is 0.628. The molecule has 0 radical (unpaired) electrons. The van der Waals surface area contributed by atoms with Gasteiger partial charge in [-0.1, -0.05) is 0 Å². The van der Waals surface area contributed by atoms with Crippen molar-refractivity contribution in [3.05, 3.63) is 0 Å². The second-order valence-corrected chi connectivity index (χ2v) is 1.88. The van der Waals surface area contributed by atoms with Gasteiger partial charge in [0.25, 0.3) is 0 Å². The SMILES string of the molecule is NC(CF)CCC(F)F. The van der Waals surface area contributed by atoms with Crippen molar-refractivity contribution in [1.29, 1.82) is 0 Å². The largest absolute Gasteiger partial charge is 0.325 e. The zero-order chi connectivity index (χ0) is 7.28. The van der Waals surface area contributed by atoms with Crippen LogP contribution in [0.2, 0.25) is 0 Å². The number of nitrogens with two attached hydrogens (primary N) is 1. The van der Waals surface area contributed by atoms with Gasteiger partial charge in [0.05, 0.1) is 0 Å². The Morgan fingerprint density at radius 2 is 1.78 bits per heavy atom. The van der Waals surface area contributed by atoms with Crippen LogP contribution in [0.15, 0.2) is 0 Å². The summed E-state index contributed by atoms with van der Waals surface area (Å²) >= 11 is 0. The van der Waals surface area contributed by atoms with Crippen molar-refractivity contribution >= 4 is 0 Å². The van der Waals surface area contributed by atoms with Crippen molar-refractivity contribution in [1.82, 2.24) is 0 Å². The van der Waals surface area contributed by atoms with E-state index in [1.807, 2.05) is 0 Å². The zero-order valence-electron chi connectivity index (χ0n) is 4.99. The van der Waals surface area contributed by atoms with Crippen molar-refractivity contribution < 1.29 is 13.2 Å². The number of hydrogen-bond acceptors (Lipinski definition) is 1. The summed E-state index contributed by atoms with van der Waals surface area (Å²) in [6, 6.07) is -0.709. The molecular formula is C5H10F3N. The van der Waals surface area contributed by atoms with Crippen LogP contribution in [-0.2, 0) is 0 Å². The van der Waals surface area contributed by atoms with Gasteiger partial charge < -0.3 is 5.73 Å². The predicted octanol–water partition coefficient (Wildman–Crippen LogP) is 1.33. The molecule has 0 aromatic heterocycles. The summed E-state index contributed by atoms with van der Waals surface area (Å²) in [5, 5.41) is 0. The summed E-state index contributed by atoms with van der Waals surface area (Å²) in [5.74, 6) is 0. The fourth-order valence-electron chi connectivity index (χ4n) is 0.417. The van der Waals surface area contributed by atoms with Gasteiger partial charge in [0.2, 0.25) is 6.43 Å². The third-order valence-corrected chi connectivity index (χ3v) is 0.954. The van der Waals surface area contributed by atoms with Gasteiger partial charge in [-0.15, -0.1) is 0 Å². The molecule has 0 aromatic rings. The van der Waals surface area contributed by atoms with Crippen molar-refractivity contribution in [3.63, 3.8) is 0 Å². The average molecular weight is 141 g/mol. The summed E-state index contributed by atoms with van der Waals surface area (Å²) in [6.45, 7) is -0.716. The van der Waals surface area contributed by atoms with E-state index in [9.17, 15) is 13.2 Å². The highest BCUT2D eigenvalue weighted by atomic mass is 19.3. The second-order valence-electron chi connectivity index (χ2n) is 1.88. The molecule has 0 amide bonds. The Balaban J connectivity index is 3.06. The Bertz CT molecular complexity index is 67.2. The molecule has 9 heavy (non-hydrogen) atoms. The third kappa shape index (κ3) is 5.62. The van der Waals surface area contributed by atoms with Crippen LogP contribution in [0.3, 0.4) is 0 Å². The molecule has 0 bridgehead atoms.